The normalized spacial score (nSPS) is 18.3. The quantitative estimate of drug-likeness (QED) is 0.630. The fourth-order valence-electron chi connectivity index (χ4n) is 2.16. The second-order valence-corrected chi connectivity index (χ2v) is 4.95. The summed E-state index contributed by atoms with van der Waals surface area (Å²) < 4.78 is 5.58. The summed E-state index contributed by atoms with van der Waals surface area (Å²) in [5, 5.41) is 6.52. The highest BCUT2D eigenvalue weighted by molar-refractivity contribution is 6.43. The summed E-state index contributed by atoms with van der Waals surface area (Å²) in [6, 6.07) is 0. The fourth-order valence-corrected chi connectivity index (χ4v) is 2.33. The van der Waals surface area contributed by atoms with Gasteiger partial charge in [-0.05, 0) is 24.4 Å². The van der Waals surface area contributed by atoms with Crippen molar-refractivity contribution in [1.82, 2.24) is 9.97 Å². The van der Waals surface area contributed by atoms with E-state index in [0.717, 1.165) is 37.0 Å². The van der Waals surface area contributed by atoms with E-state index in [4.69, 9.17) is 16.3 Å². The van der Waals surface area contributed by atoms with Crippen molar-refractivity contribution in [3.8, 4) is 0 Å². The average Bonchev–Trinajstić information content (AvgIpc) is 2.88. The van der Waals surface area contributed by atoms with Crippen molar-refractivity contribution < 1.29 is 4.74 Å². The second-order valence-electron chi connectivity index (χ2n) is 4.61. The Bertz CT molecular complexity index is 477. The molecule has 0 radical (unpaired) electrons. The van der Waals surface area contributed by atoms with Crippen LogP contribution in [0.5, 0.6) is 0 Å². The van der Waals surface area contributed by atoms with E-state index in [-0.39, 0.29) is 11.4 Å². The Morgan fingerprint density at radius 2 is 2.26 bits per heavy atom. The first-order valence-electron chi connectivity index (χ1n) is 6.38. The van der Waals surface area contributed by atoms with Crippen LogP contribution in [0.4, 0.5) is 11.6 Å². The monoisotopic (exact) mass is 280 g/mol. The lowest BCUT2D eigenvalue weighted by Gasteiger charge is -2.17. The number of hydrogen-bond donors (Lipinski definition) is 2. The van der Waals surface area contributed by atoms with Gasteiger partial charge in [-0.25, -0.2) is 9.97 Å². The van der Waals surface area contributed by atoms with Crippen molar-refractivity contribution in [2.24, 2.45) is 0 Å². The Morgan fingerprint density at radius 1 is 1.53 bits per heavy atom. The van der Waals surface area contributed by atoms with Crippen LogP contribution in [0.15, 0.2) is 6.58 Å². The van der Waals surface area contributed by atoms with Gasteiger partial charge in [0.05, 0.1) is 11.7 Å². The van der Waals surface area contributed by atoms with Gasteiger partial charge in [-0.15, -0.1) is 6.58 Å². The lowest BCUT2D eigenvalue weighted by molar-refractivity contribution is 0.120. The Kier molecular flexibility index (Phi) is 4.66. The summed E-state index contributed by atoms with van der Waals surface area (Å²) in [5.74, 6) is 1.38. The third-order valence-corrected chi connectivity index (χ3v) is 3.24. The van der Waals surface area contributed by atoms with Gasteiger partial charge in [-0.1, -0.05) is 5.47 Å². The second kappa shape index (κ2) is 6.26. The summed E-state index contributed by atoms with van der Waals surface area (Å²) in [6.07, 6.45) is 2.43. The summed E-state index contributed by atoms with van der Waals surface area (Å²) >= 11 is 5.94. The largest absolute Gasteiger partial charge is 0.376 e. The lowest BCUT2D eigenvalue weighted by atomic mass is 9.90. The molecule has 1 aliphatic rings. The smallest absolute Gasteiger partial charge is 0.226 e. The van der Waals surface area contributed by atoms with E-state index < -0.39 is 0 Å². The third-order valence-electron chi connectivity index (χ3n) is 3.07. The van der Waals surface area contributed by atoms with Crippen LogP contribution >= 0.6 is 11.6 Å². The van der Waals surface area contributed by atoms with Crippen molar-refractivity contribution >= 4 is 36.6 Å². The Morgan fingerprint density at radius 3 is 2.84 bits per heavy atom. The zero-order valence-electron chi connectivity index (χ0n) is 11.3. The van der Waals surface area contributed by atoms with E-state index in [0.29, 0.717) is 11.6 Å². The molecule has 2 rings (SSSR count). The van der Waals surface area contributed by atoms with Gasteiger partial charge in [0.15, 0.2) is 0 Å². The molecule has 102 valence electrons. The van der Waals surface area contributed by atoms with E-state index in [1.807, 2.05) is 7.85 Å². The number of ether oxygens (including phenoxy) is 1. The summed E-state index contributed by atoms with van der Waals surface area (Å²) in [4.78, 5) is 8.42. The molecular weight excluding hydrogens is 262 g/mol. The fraction of sp³-hybridized carbons (Fsp3) is 0.500. The first-order chi connectivity index (χ1) is 9.11. The van der Waals surface area contributed by atoms with Crippen LogP contribution in [0, 0.1) is 0 Å². The molecule has 1 aromatic heterocycles. The van der Waals surface area contributed by atoms with Crippen LogP contribution in [0.1, 0.15) is 18.4 Å². The molecule has 1 atom stereocenters. The highest BCUT2D eigenvalue weighted by atomic mass is 35.5. The minimum absolute atomic E-state index is 0.212. The minimum atomic E-state index is 0.212. The van der Waals surface area contributed by atoms with Gasteiger partial charge in [-0.3, -0.25) is 0 Å². The van der Waals surface area contributed by atoms with Crippen LogP contribution in [0.2, 0.25) is 5.28 Å². The number of nitrogens with one attached hydrogen (secondary N) is 2. The van der Waals surface area contributed by atoms with Crippen molar-refractivity contribution in [2.75, 3.05) is 30.8 Å². The third kappa shape index (κ3) is 3.39. The molecule has 1 fully saturated rings. The molecular formula is C12H18BClN4O. The standard InChI is InChI=1S/C12H18BClN4O/c1-7(13)9-10(15-2)17-12(14)18-11(9)16-6-8-4-3-5-19-8/h8H,1,3-6,13H2,2H3,(H2,15,16,17,18). The van der Waals surface area contributed by atoms with E-state index in [1.165, 1.54) is 0 Å². The topological polar surface area (TPSA) is 59.1 Å². The predicted octanol–water partition coefficient (Wildman–Crippen LogP) is 1.37. The van der Waals surface area contributed by atoms with Crippen molar-refractivity contribution in [2.45, 2.75) is 18.9 Å². The number of hydrogen-bond acceptors (Lipinski definition) is 5. The van der Waals surface area contributed by atoms with Crippen LogP contribution in [-0.4, -0.2) is 44.1 Å². The molecule has 2 N–H and O–H groups in total. The predicted molar refractivity (Wildman–Crippen MR) is 81.6 cm³/mol. The van der Waals surface area contributed by atoms with Crippen LogP contribution in [-0.2, 0) is 4.74 Å². The summed E-state index contributed by atoms with van der Waals surface area (Å²) in [7, 11) is 3.72. The van der Waals surface area contributed by atoms with Crippen LogP contribution < -0.4 is 10.6 Å². The molecule has 0 aromatic carbocycles. The van der Waals surface area contributed by atoms with E-state index >= 15 is 0 Å². The average molecular weight is 281 g/mol. The van der Waals surface area contributed by atoms with E-state index in [1.54, 1.807) is 7.05 Å². The SMILES string of the molecule is BC(=C)c1c(NC)nc(Cl)nc1NCC1CCCO1. The highest BCUT2D eigenvalue weighted by Crippen LogP contribution is 2.27. The summed E-state index contributed by atoms with van der Waals surface area (Å²) in [6.45, 7) is 5.53. The van der Waals surface area contributed by atoms with Gasteiger partial charge in [0.1, 0.15) is 19.5 Å². The molecule has 0 bridgehead atoms. The van der Waals surface area contributed by atoms with E-state index in [2.05, 4.69) is 27.2 Å². The van der Waals surface area contributed by atoms with Gasteiger partial charge in [0.25, 0.3) is 0 Å². The number of anilines is 2. The Balaban J connectivity index is 2.21. The van der Waals surface area contributed by atoms with Crippen LogP contribution in [0.25, 0.3) is 5.47 Å². The molecule has 1 saturated heterocycles. The molecule has 0 spiro atoms. The Labute approximate surface area is 119 Å². The maximum absolute atomic E-state index is 5.94. The van der Waals surface area contributed by atoms with Gasteiger partial charge in [0.2, 0.25) is 5.28 Å². The maximum Gasteiger partial charge on any atom is 0.226 e. The first kappa shape index (κ1) is 14.2. The Hall–Kier alpha value is -1.27. The number of nitrogens with zero attached hydrogens (tertiary/aromatic N) is 2. The van der Waals surface area contributed by atoms with Gasteiger partial charge >= 0.3 is 0 Å². The number of rotatable bonds is 5. The first-order valence-corrected chi connectivity index (χ1v) is 6.76. The van der Waals surface area contributed by atoms with Crippen molar-refractivity contribution in [1.29, 1.82) is 0 Å². The molecule has 1 unspecified atom stereocenters. The van der Waals surface area contributed by atoms with Crippen molar-refractivity contribution in [3.05, 3.63) is 17.4 Å². The molecule has 19 heavy (non-hydrogen) atoms. The molecule has 0 aliphatic carbocycles. The van der Waals surface area contributed by atoms with Crippen LogP contribution in [0.3, 0.4) is 0 Å². The summed E-state index contributed by atoms with van der Waals surface area (Å²) in [5.41, 5.74) is 1.75. The zero-order chi connectivity index (χ0) is 13.8. The lowest BCUT2D eigenvalue weighted by Crippen LogP contribution is -2.20. The molecule has 7 heteroatoms. The highest BCUT2D eigenvalue weighted by Gasteiger charge is 2.18. The van der Waals surface area contributed by atoms with E-state index in [9.17, 15) is 0 Å². The molecule has 2 heterocycles. The molecule has 1 aliphatic heterocycles. The van der Waals surface area contributed by atoms with Crippen molar-refractivity contribution in [3.63, 3.8) is 0 Å². The molecule has 0 saturated carbocycles. The van der Waals surface area contributed by atoms with Gasteiger partial charge in [-0.2, -0.15) is 0 Å². The maximum atomic E-state index is 5.94. The van der Waals surface area contributed by atoms with Gasteiger partial charge in [0, 0.05) is 20.2 Å². The molecule has 0 amide bonds. The minimum Gasteiger partial charge on any atom is -0.376 e. The number of aromatic nitrogens is 2. The zero-order valence-corrected chi connectivity index (χ0v) is 12.0. The number of halogens is 1. The molecule has 1 aromatic rings. The molecule has 5 nitrogen and oxygen atoms in total. The van der Waals surface area contributed by atoms with Gasteiger partial charge < -0.3 is 15.4 Å².